The second-order valence-corrected chi connectivity index (χ2v) is 8.49. The third-order valence-electron chi connectivity index (χ3n) is 6.06. The molecule has 0 aromatic heterocycles. The van der Waals surface area contributed by atoms with Crippen molar-refractivity contribution in [2.75, 3.05) is 12.4 Å². The van der Waals surface area contributed by atoms with Crippen molar-refractivity contribution in [2.24, 2.45) is 5.92 Å². The Morgan fingerprint density at radius 3 is 2.30 bits per heavy atom. The van der Waals surface area contributed by atoms with Crippen molar-refractivity contribution in [1.82, 2.24) is 0 Å². The number of ether oxygens (including phenoxy) is 1. The van der Waals surface area contributed by atoms with Crippen molar-refractivity contribution in [2.45, 2.75) is 71.0 Å². The zero-order chi connectivity index (χ0) is 19.8. The monoisotopic (exact) mass is 377 g/mol. The van der Waals surface area contributed by atoms with Gasteiger partial charge in [0.25, 0.3) is 0 Å². The van der Waals surface area contributed by atoms with E-state index < -0.39 is 24.1 Å². The number of benzene rings is 1. The molecule has 1 saturated heterocycles. The molecule has 1 aliphatic carbocycles. The average Bonchev–Trinajstić information content (AvgIpc) is 2.83. The maximum Gasteiger partial charge on any atom is 0.497 e. The Labute approximate surface area is 161 Å². The quantitative estimate of drug-likeness (QED) is 0.814. The van der Waals surface area contributed by atoms with E-state index in [9.17, 15) is 9.18 Å². The van der Waals surface area contributed by atoms with Crippen molar-refractivity contribution < 1.29 is 23.2 Å². The standard InChI is InChI=1S/C20H29BFNO4/c1-19(2)20(3,4)27-21(26-19)14-11-17(25-5)16(12-15(14)22)23-18(24)13-9-7-6-8-10-13/h11-13H,6-10H2,1-5H3,(H,23,24). The first kappa shape index (κ1) is 20.1. The molecule has 0 atom stereocenters. The van der Waals surface area contributed by atoms with Crippen LogP contribution >= 0.6 is 0 Å². The highest BCUT2D eigenvalue weighted by molar-refractivity contribution is 6.62. The first-order valence-electron chi connectivity index (χ1n) is 9.68. The minimum Gasteiger partial charge on any atom is -0.495 e. The maximum absolute atomic E-state index is 14.8. The van der Waals surface area contributed by atoms with Gasteiger partial charge >= 0.3 is 7.12 Å². The maximum atomic E-state index is 14.8. The topological polar surface area (TPSA) is 56.8 Å². The SMILES string of the molecule is COc1cc(B2OC(C)(C)C(C)(C)O2)c(F)cc1NC(=O)C1CCCCC1. The van der Waals surface area contributed by atoms with Gasteiger partial charge in [0.15, 0.2) is 0 Å². The summed E-state index contributed by atoms with van der Waals surface area (Å²) in [5.74, 6) is -0.191. The molecule has 7 heteroatoms. The van der Waals surface area contributed by atoms with Crippen LogP contribution in [0.3, 0.4) is 0 Å². The molecule has 27 heavy (non-hydrogen) atoms. The molecular weight excluding hydrogens is 348 g/mol. The largest absolute Gasteiger partial charge is 0.497 e. The lowest BCUT2D eigenvalue weighted by atomic mass is 9.78. The number of methoxy groups -OCH3 is 1. The zero-order valence-electron chi connectivity index (χ0n) is 16.9. The Morgan fingerprint density at radius 1 is 1.15 bits per heavy atom. The summed E-state index contributed by atoms with van der Waals surface area (Å²) in [7, 11) is 0.671. The van der Waals surface area contributed by atoms with Gasteiger partial charge in [0, 0.05) is 17.4 Å². The molecule has 0 bridgehead atoms. The van der Waals surface area contributed by atoms with Crippen LogP contribution < -0.4 is 15.5 Å². The molecule has 5 nitrogen and oxygen atoms in total. The zero-order valence-corrected chi connectivity index (χ0v) is 16.9. The van der Waals surface area contributed by atoms with Gasteiger partial charge in [-0.05, 0) is 46.6 Å². The molecule has 1 saturated carbocycles. The van der Waals surface area contributed by atoms with Crippen molar-refractivity contribution in [3.63, 3.8) is 0 Å². The van der Waals surface area contributed by atoms with Crippen LogP contribution in [0.2, 0.25) is 0 Å². The van der Waals surface area contributed by atoms with Crippen molar-refractivity contribution in [3.05, 3.63) is 17.9 Å². The summed E-state index contributed by atoms with van der Waals surface area (Å²) >= 11 is 0. The lowest BCUT2D eigenvalue weighted by Gasteiger charge is -2.32. The minimum atomic E-state index is -0.827. The predicted octanol–water partition coefficient (Wildman–Crippen LogP) is 3.65. The number of halogens is 1. The number of anilines is 1. The number of nitrogens with one attached hydrogen (secondary N) is 1. The van der Waals surface area contributed by atoms with Crippen LogP contribution in [0, 0.1) is 11.7 Å². The number of hydrogen-bond acceptors (Lipinski definition) is 4. The summed E-state index contributed by atoms with van der Waals surface area (Å²) < 4.78 is 32.1. The molecule has 1 aromatic rings. The molecule has 1 aliphatic heterocycles. The fraction of sp³-hybridized carbons (Fsp3) is 0.650. The second-order valence-electron chi connectivity index (χ2n) is 8.49. The van der Waals surface area contributed by atoms with Gasteiger partial charge < -0.3 is 19.4 Å². The van der Waals surface area contributed by atoms with E-state index in [1.165, 1.54) is 19.6 Å². The molecule has 148 valence electrons. The number of carbonyl (C=O) groups excluding carboxylic acids is 1. The highest BCUT2D eigenvalue weighted by Gasteiger charge is 2.52. The van der Waals surface area contributed by atoms with E-state index in [1.54, 1.807) is 6.07 Å². The molecule has 2 fully saturated rings. The van der Waals surface area contributed by atoms with Crippen LogP contribution in [0.15, 0.2) is 12.1 Å². The Hall–Kier alpha value is -1.60. The van der Waals surface area contributed by atoms with Crippen LogP contribution in [0.5, 0.6) is 5.75 Å². The first-order chi connectivity index (χ1) is 12.6. The van der Waals surface area contributed by atoms with Gasteiger partial charge in [0.2, 0.25) is 5.91 Å². The Bertz CT molecular complexity index is 700. The highest BCUT2D eigenvalue weighted by atomic mass is 19.1. The number of rotatable bonds is 4. The third kappa shape index (κ3) is 3.99. The van der Waals surface area contributed by atoms with E-state index in [0.717, 1.165) is 25.7 Å². The van der Waals surface area contributed by atoms with E-state index in [-0.39, 0.29) is 17.3 Å². The van der Waals surface area contributed by atoms with E-state index in [1.807, 2.05) is 27.7 Å². The van der Waals surface area contributed by atoms with E-state index in [4.69, 9.17) is 14.0 Å². The lowest BCUT2D eigenvalue weighted by molar-refractivity contribution is -0.120. The molecule has 0 spiro atoms. The third-order valence-corrected chi connectivity index (χ3v) is 6.06. The number of carbonyl (C=O) groups is 1. The summed E-state index contributed by atoms with van der Waals surface area (Å²) in [4.78, 5) is 12.5. The van der Waals surface area contributed by atoms with Crippen LogP contribution in [-0.2, 0) is 14.1 Å². The van der Waals surface area contributed by atoms with Crippen LogP contribution in [-0.4, -0.2) is 31.3 Å². The summed E-state index contributed by atoms with van der Waals surface area (Å²) in [6, 6.07) is 2.84. The molecule has 1 heterocycles. The summed E-state index contributed by atoms with van der Waals surface area (Å²) in [6.45, 7) is 7.67. The summed E-state index contributed by atoms with van der Waals surface area (Å²) in [5, 5.41) is 2.84. The Balaban J connectivity index is 1.82. The van der Waals surface area contributed by atoms with Crippen molar-refractivity contribution in [3.8, 4) is 5.75 Å². The fourth-order valence-electron chi connectivity index (χ4n) is 3.59. The van der Waals surface area contributed by atoms with Crippen LogP contribution in [0.25, 0.3) is 0 Å². The van der Waals surface area contributed by atoms with Gasteiger partial charge in [-0.25, -0.2) is 4.39 Å². The fourth-order valence-corrected chi connectivity index (χ4v) is 3.59. The summed E-state index contributed by atoms with van der Waals surface area (Å²) in [5.41, 5.74) is -0.525. The molecule has 0 unspecified atom stereocenters. The molecule has 1 aromatic carbocycles. The smallest absolute Gasteiger partial charge is 0.495 e. The number of amides is 1. The van der Waals surface area contributed by atoms with Gasteiger partial charge in [-0.3, -0.25) is 4.79 Å². The summed E-state index contributed by atoms with van der Waals surface area (Å²) in [6.07, 6.45) is 5.05. The molecule has 3 rings (SSSR count). The van der Waals surface area contributed by atoms with E-state index in [2.05, 4.69) is 5.32 Å². The van der Waals surface area contributed by atoms with Gasteiger partial charge in [-0.15, -0.1) is 0 Å². The molecular formula is C20H29BFNO4. The minimum absolute atomic E-state index is 0.0192. The number of hydrogen-bond donors (Lipinski definition) is 1. The van der Waals surface area contributed by atoms with Gasteiger partial charge in [-0.1, -0.05) is 19.3 Å². The molecule has 0 radical (unpaired) electrons. The van der Waals surface area contributed by atoms with Gasteiger partial charge in [-0.2, -0.15) is 0 Å². The van der Waals surface area contributed by atoms with Crippen molar-refractivity contribution in [1.29, 1.82) is 0 Å². The Morgan fingerprint density at radius 2 is 1.74 bits per heavy atom. The van der Waals surface area contributed by atoms with E-state index in [0.29, 0.717) is 11.4 Å². The highest BCUT2D eigenvalue weighted by Crippen LogP contribution is 2.37. The first-order valence-corrected chi connectivity index (χ1v) is 9.68. The molecule has 2 aliphatic rings. The lowest BCUT2D eigenvalue weighted by Crippen LogP contribution is -2.41. The average molecular weight is 377 g/mol. The van der Waals surface area contributed by atoms with Crippen LogP contribution in [0.4, 0.5) is 10.1 Å². The predicted molar refractivity (Wildman–Crippen MR) is 104 cm³/mol. The van der Waals surface area contributed by atoms with E-state index >= 15 is 0 Å². The van der Waals surface area contributed by atoms with Gasteiger partial charge in [0.05, 0.1) is 24.0 Å². The molecule has 1 N–H and O–H groups in total. The van der Waals surface area contributed by atoms with Crippen LogP contribution in [0.1, 0.15) is 59.8 Å². The second kappa shape index (κ2) is 7.43. The molecule has 1 amide bonds. The van der Waals surface area contributed by atoms with Crippen molar-refractivity contribution >= 4 is 24.2 Å². The normalized spacial score (nSPS) is 21.9. The Kier molecular flexibility index (Phi) is 5.55. The van der Waals surface area contributed by atoms with Gasteiger partial charge in [0.1, 0.15) is 11.6 Å².